The SMILES string of the molecule is COc1ccc(-c2ccccc2)cc1CS(=O)(=O)c1cc(Cl)cc(C#N)c1. The van der Waals surface area contributed by atoms with Gasteiger partial charge in [-0.3, -0.25) is 0 Å². The number of ether oxygens (including phenoxy) is 1. The summed E-state index contributed by atoms with van der Waals surface area (Å²) in [6, 6.07) is 21.2. The summed E-state index contributed by atoms with van der Waals surface area (Å²) in [6.45, 7) is 0. The average molecular weight is 398 g/mol. The summed E-state index contributed by atoms with van der Waals surface area (Å²) in [4.78, 5) is 0.0127. The fourth-order valence-corrected chi connectivity index (χ4v) is 4.51. The van der Waals surface area contributed by atoms with Gasteiger partial charge in [-0.25, -0.2) is 8.42 Å². The number of halogens is 1. The molecule has 0 radical (unpaired) electrons. The monoisotopic (exact) mass is 397 g/mol. The Labute approximate surface area is 163 Å². The standard InChI is InChI=1S/C21H16ClNO3S/c1-26-21-8-7-17(16-5-3-2-4-6-16)11-18(21)14-27(24,25)20-10-15(13-23)9-19(22)12-20/h2-12H,14H2,1H3. The summed E-state index contributed by atoms with van der Waals surface area (Å²) in [6.07, 6.45) is 0. The van der Waals surface area contributed by atoms with Gasteiger partial charge in [0.25, 0.3) is 0 Å². The highest BCUT2D eigenvalue weighted by Crippen LogP contribution is 2.30. The fraction of sp³-hybridized carbons (Fsp3) is 0.0952. The van der Waals surface area contributed by atoms with Crippen molar-refractivity contribution in [2.45, 2.75) is 10.6 Å². The van der Waals surface area contributed by atoms with Crippen molar-refractivity contribution in [3.63, 3.8) is 0 Å². The molecule has 0 aromatic heterocycles. The van der Waals surface area contributed by atoms with Gasteiger partial charge < -0.3 is 4.74 Å². The molecule has 4 nitrogen and oxygen atoms in total. The maximum atomic E-state index is 12.9. The molecule has 0 N–H and O–H groups in total. The summed E-state index contributed by atoms with van der Waals surface area (Å²) >= 11 is 5.96. The number of sulfone groups is 1. The van der Waals surface area contributed by atoms with Crippen LogP contribution in [-0.2, 0) is 15.6 Å². The predicted molar refractivity (Wildman–Crippen MR) is 105 cm³/mol. The maximum absolute atomic E-state index is 12.9. The molecule has 0 unspecified atom stereocenters. The van der Waals surface area contributed by atoms with Crippen LogP contribution in [0.3, 0.4) is 0 Å². The summed E-state index contributed by atoms with van der Waals surface area (Å²) in [5, 5.41) is 9.27. The first kappa shape index (κ1) is 19.0. The van der Waals surface area contributed by atoms with Crippen molar-refractivity contribution < 1.29 is 13.2 Å². The van der Waals surface area contributed by atoms with E-state index in [1.165, 1.54) is 25.3 Å². The Morgan fingerprint density at radius 3 is 2.41 bits per heavy atom. The number of benzene rings is 3. The third-order valence-corrected chi connectivity index (χ3v) is 5.96. The van der Waals surface area contributed by atoms with Gasteiger partial charge in [0.2, 0.25) is 0 Å². The van der Waals surface area contributed by atoms with Crippen molar-refractivity contribution in [3.8, 4) is 22.9 Å². The van der Waals surface area contributed by atoms with Crippen LogP contribution in [0.2, 0.25) is 5.02 Å². The van der Waals surface area contributed by atoms with Crippen LogP contribution in [0.25, 0.3) is 11.1 Å². The average Bonchev–Trinajstić information content (AvgIpc) is 2.67. The molecule has 0 fully saturated rings. The van der Waals surface area contributed by atoms with Gasteiger partial charge in [-0.15, -0.1) is 0 Å². The zero-order valence-corrected chi connectivity index (χ0v) is 16.1. The molecule has 6 heteroatoms. The minimum absolute atomic E-state index is 0.0127. The molecule has 136 valence electrons. The van der Waals surface area contributed by atoms with Crippen molar-refractivity contribution in [2.24, 2.45) is 0 Å². The van der Waals surface area contributed by atoms with Crippen LogP contribution in [0.5, 0.6) is 5.75 Å². The third-order valence-electron chi connectivity index (χ3n) is 4.09. The Kier molecular flexibility index (Phi) is 5.50. The number of methoxy groups -OCH3 is 1. The maximum Gasteiger partial charge on any atom is 0.182 e. The van der Waals surface area contributed by atoms with E-state index in [9.17, 15) is 8.42 Å². The van der Waals surface area contributed by atoms with E-state index in [1.807, 2.05) is 48.5 Å². The highest BCUT2D eigenvalue weighted by molar-refractivity contribution is 7.90. The lowest BCUT2D eigenvalue weighted by molar-refractivity contribution is 0.411. The van der Waals surface area contributed by atoms with E-state index in [0.29, 0.717) is 11.3 Å². The van der Waals surface area contributed by atoms with Crippen LogP contribution < -0.4 is 4.74 Å². The van der Waals surface area contributed by atoms with Gasteiger partial charge in [-0.1, -0.05) is 48.0 Å². The van der Waals surface area contributed by atoms with Gasteiger partial charge in [0, 0.05) is 10.6 Å². The van der Waals surface area contributed by atoms with Crippen LogP contribution in [-0.4, -0.2) is 15.5 Å². The lowest BCUT2D eigenvalue weighted by atomic mass is 10.0. The van der Waals surface area contributed by atoms with Crippen molar-refractivity contribution in [3.05, 3.63) is 82.9 Å². The molecule has 27 heavy (non-hydrogen) atoms. The molecule has 0 aliphatic heterocycles. The predicted octanol–water partition coefficient (Wildman–Crippen LogP) is 4.86. The molecule has 0 saturated heterocycles. The quantitative estimate of drug-likeness (QED) is 0.616. The summed E-state index contributed by atoms with van der Waals surface area (Å²) in [5.74, 6) is 0.225. The second kappa shape index (κ2) is 7.83. The van der Waals surface area contributed by atoms with E-state index in [1.54, 1.807) is 6.07 Å². The molecule has 0 heterocycles. The van der Waals surface area contributed by atoms with Gasteiger partial charge in [0.05, 0.1) is 29.4 Å². The highest BCUT2D eigenvalue weighted by Gasteiger charge is 2.20. The van der Waals surface area contributed by atoms with Crippen molar-refractivity contribution in [1.82, 2.24) is 0 Å². The minimum Gasteiger partial charge on any atom is -0.496 e. The summed E-state index contributed by atoms with van der Waals surface area (Å²) in [5.41, 5.74) is 2.61. The van der Waals surface area contributed by atoms with E-state index in [0.717, 1.165) is 11.1 Å². The first-order valence-corrected chi connectivity index (χ1v) is 10.1. The molecule has 0 bridgehead atoms. The van der Waals surface area contributed by atoms with Crippen LogP contribution in [0.1, 0.15) is 11.1 Å². The normalized spacial score (nSPS) is 11.0. The molecule has 0 atom stereocenters. The Morgan fingerprint density at radius 1 is 1.00 bits per heavy atom. The molecule has 3 aromatic rings. The first-order valence-electron chi connectivity index (χ1n) is 8.09. The zero-order chi connectivity index (χ0) is 19.4. The molecule has 0 aliphatic rings. The van der Waals surface area contributed by atoms with Gasteiger partial charge >= 0.3 is 0 Å². The Balaban J connectivity index is 2.03. The molecule has 0 spiro atoms. The lowest BCUT2D eigenvalue weighted by Crippen LogP contribution is -2.07. The fourth-order valence-electron chi connectivity index (χ4n) is 2.80. The number of hydrogen-bond donors (Lipinski definition) is 0. The van der Waals surface area contributed by atoms with Crippen LogP contribution in [0.4, 0.5) is 0 Å². The second-order valence-corrected chi connectivity index (χ2v) is 8.37. The van der Waals surface area contributed by atoms with Crippen molar-refractivity contribution >= 4 is 21.4 Å². The van der Waals surface area contributed by atoms with Gasteiger partial charge in [-0.2, -0.15) is 5.26 Å². The summed E-state index contributed by atoms with van der Waals surface area (Å²) in [7, 11) is -2.21. The molecule has 0 saturated carbocycles. The van der Waals surface area contributed by atoms with Crippen LogP contribution >= 0.6 is 11.6 Å². The van der Waals surface area contributed by atoms with E-state index in [4.69, 9.17) is 21.6 Å². The largest absolute Gasteiger partial charge is 0.496 e. The summed E-state index contributed by atoms with van der Waals surface area (Å²) < 4.78 is 31.2. The molecule has 0 amide bonds. The number of hydrogen-bond acceptors (Lipinski definition) is 4. The van der Waals surface area contributed by atoms with Crippen LogP contribution in [0.15, 0.2) is 71.6 Å². The van der Waals surface area contributed by atoms with E-state index in [-0.39, 0.29) is 21.2 Å². The van der Waals surface area contributed by atoms with Gasteiger partial charge in [-0.05, 0) is 41.5 Å². The highest BCUT2D eigenvalue weighted by atomic mass is 35.5. The first-order chi connectivity index (χ1) is 12.9. The van der Waals surface area contributed by atoms with Crippen molar-refractivity contribution in [2.75, 3.05) is 7.11 Å². The Bertz CT molecular complexity index is 1120. The number of nitriles is 1. The topological polar surface area (TPSA) is 67.2 Å². The van der Waals surface area contributed by atoms with Crippen molar-refractivity contribution in [1.29, 1.82) is 5.26 Å². The van der Waals surface area contributed by atoms with E-state index >= 15 is 0 Å². The van der Waals surface area contributed by atoms with Gasteiger partial charge in [0.1, 0.15) is 5.75 Å². The number of rotatable bonds is 5. The number of nitrogens with zero attached hydrogens (tertiary/aromatic N) is 1. The minimum atomic E-state index is -3.72. The molecule has 3 aromatic carbocycles. The van der Waals surface area contributed by atoms with E-state index < -0.39 is 9.84 Å². The smallest absolute Gasteiger partial charge is 0.182 e. The lowest BCUT2D eigenvalue weighted by Gasteiger charge is -2.12. The third kappa shape index (κ3) is 4.30. The van der Waals surface area contributed by atoms with E-state index in [2.05, 4.69) is 0 Å². The molecular weight excluding hydrogens is 382 g/mol. The molecule has 3 rings (SSSR count). The Hall–Kier alpha value is -2.81. The van der Waals surface area contributed by atoms with Gasteiger partial charge in [0.15, 0.2) is 9.84 Å². The molecular formula is C21H16ClNO3S. The Morgan fingerprint density at radius 2 is 1.74 bits per heavy atom. The molecule has 0 aliphatic carbocycles. The van der Waals surface area contributed by atoms with Crippen LogP contribution in [0, 0.1) is 11.3 Å². The zero-order valence-electron chi connectivity index (χ0n) is 14.5. The second-order valence-electron chi connectivity index (χ2n) is 5.94.